The summed E-state index contributed by atoms with van der Waals surface area (Å²) < 4.78 is 5.80. The van der Waals surface area contributed by atoms with Crippen LogP contribution >= 0.6 is 11.6 Å². The standard InChI is InChI=1S/C20H18ClN3O2/c1-2-26-16-6-4-3-5-14(16)15-11-17(25)22-20-18(15)19(23-24-20)12-7-9-13(21)10-8-12/h3-10,15H,2,11H2,1H3,(H2,22,23,24,25)/t15-/m0/s1. The molecule has 0 spiro atoms. The molecule has 2 aromatic carbocycles. The quantitative estimate of drug-likeness (QED) is 0.708. The van der Waals surface area contributed by atoms with E-state index in [0.717, 1.165) is 28.1 Å². The lowest BCUT2D eigenvalue weighted by atomic mass is 9.84. The van der Waals surface area contributed by atoms with Crippen molar-refractivity contribution in [3.05, 3.63) is 64.7 Å². The maximum Gasteiger partial charge on any atom is 0.226 e. The van der Waals surface area contributed by atoms with Gasteiger partial charge in [0.05, 0.1) is 12.3 Å². The van der Waals surface area contributed by atoms with E-state index in [-0.39, 0.29) is 11.8 Å². The molecular weight excluding hydrogens is 350 g/mol. The van der Waals surface area contributed by atoms with Crippen LogP contribution in [0.4, 0.5) is 5.82 Å². The lowest BCUT2D eigenvalue weighted by Crippen LogP contribution is -2.23. The number of nitrogens with one attached hydrogen (secondary N) is 2. The fraction of sp³-hybridized carbons (Fsp3) is 0.200. The SMILES string of the molecule is CCOc1ccccc1[C@@H]1CC(=O)Nc2n[nH]c(-c3ccc(Cl)cc3)c21. The number of aromatic nitrogens is 2. The molecule has 1 atom stereocenters. The molecule has 2 heterocycles. The first-order valence-corrected chi connectivity index (χ1v) is 8.91. The number of anilines is 1. The molecule has 6 heteroatoms. The summed E-state index contributed by atoms with van der Waals surface area (Å²) in [6.07, 6.45) is 0.344. The molecule has 0 aliphatic carbocycles. The molecule has 1 aromatic heterocycles. The zero-order valence-corrected chi connectivity index (χ0v) is 15.0. The molecule has 0 saturated carbocycles. The Balaban J connectivity index is 1.86. The number of amides is 1. The largest absolute Gasteiger partial charge is 0.494 e. The first kappa shape index (κ1) is 16.7. The van der Waals surface area contributed by atoms with Crippen molar-refractivity contribution < 1.29 is 9.53 Å². The molecule has 5 nitrogen and oxygen atoms in total. The van der Waals surface area contributed by atoms with Crippen molar-refractivity contribution in [3.8, 4) is 17.0 Å². The van der Waals surface area contributed by atoms with Gasteiger partial charge >= 0.3 is 0 Å². The zero-order chi connectivity index (χ0) is 18.1. The maximum atomic E-state index is 12.2. The van der Waals surface area contributed by atoms with Gasteiger partial charge in [-0.2, -0.15) is 5.10 Å². The fourth-order valence-electron chi connectivity index (χ4n) is 3.41. The summed E-state index contributed by atoms with van der Waals surface area (Å²) >= 11 is 6.02. The van der Waals surface area contributed by atoms with Crippen LogP contribution in [-0.4, -0.2) is 22.7 Å². The predicted molar refractivity (Wildman–Crippen MR) is 102 cm³/mol. The minimum Gasteiger partial charge on any atom is -0.494 e. The monoisotopic (exact) mass is 367 g/mol. The summed E-state index contributed by atoms with van der Waals surface area (Å²) in [5.74, 6) is 1.18. The second-order valence-corrected chi connectivity index (χ2v) is 6.58. The Hall–Kier alpha value is -2.79. The van der Waals surface area contributed by atoms with Crippen LogP contribution in [0.5, 0.6) is 5.75 Å². The van der Waals surface area contributed by atoms with Gasteiger partial charge in [0.2, 0.25) is 5.91 Å². The molecule has 0 saturated heterocycles. The Morgan fingerprint density at radius 3 is 2.73 bits per heavy atom. The predicted octanol–water partition coefficient (Wildman–Crippen LogP) is 4.60. The van der Waals surface area contributed by atoms with E-state index in [4.69, 9.17) is 16.3 Å². The van der Waals surface area contributed by atoms with Gasteiger partial charge < -0.3 is 10.1 Å². The smallest absolute Gasteiger partial charge is 0.226 e. The summed E-state index contributed by atoms with van der Waals surface area (Å²) in [5, 5.41) is 10.9. The number of nitrogens with zero attached hydrogens (tertiary/aromatic N) is 1. The molecule has 26 heavy (non-hydrogen) atoms. The van der Waals surface area contributed by atoms with Gasteiger partial charge in [0.15, 0.2) is 5.82 Å². The second-order valence-electron chi connectivity index (χ2n) is 6.14. The van der Waals surface area contributed by atoms with Gasteiger partial charge in [0, 0.05) is 34.1 Å². The Morgan fingerprint density at radius 2 is 1.96 bits per heavy atom. The Labute approximate surface area is 156 Å². The highest BCUT2D eigenvalue weighted by Crippen LogP contribution is 2.44. The molecular formula is C20H18ClN3O2. The topological polar surface area (TPSA) is 67.0 Å². The van der Waals surface area contributed by atoms with Crippen LogP contribution in [0.1, 0.15) is 30.4 Å². The van der Waals surface area contributed by atoms with E-state index in [9.17, 15) is 4.79 Å². The van der Waals surface area contributed by atoms with Gasteiger partial charge in [-0.25, -0.2) is 0 Å². The summed E-state index contributed by atoms with van der Waals surface area (Å²) in [7, 11) is 0. The van der Waals surface area contributed by atoms with E-state index in [1.807, 2.05) is 55.5 Å². The number of carbonyl (C=O) groups excluding carboxylic acids is 1. The number of hydrogen-bond acceptors (Lipinski definition) is 3. The van der Waals surface area contributed by atoms with Gasteiger partial charge in [-0.3, -0.25) is 9.89 Å². The molecule has 1 amide bonds. The molecule has 0 unspecified atom stereocenters. The average Bonchev–Trinajstić information content (AvgIpc) is 3.06. The van der Waals surface area contributed by atoms with Crippen molar-refractivity contribution in [3.63, 3.8) is 0 Å². The van der Waals surface area contributed by atoms with Crippen LogP contribution < -0.4 is 10.1 Å². The van der Waals surface area contributed by atoms with Crippen molar-refractivity contribution in [2.45, 2.75) is 19.3 Å². The second kappa shape index (κ2) is 6.84. The molecule has 4 rings (SSSR count). The highest BCUT2D eigenvalue weighted by molar-refractivity contribution is 6.30. The molecule has 0 radical (unpaired) electrons. The first-order valence-electron chi connectivity index (χ1n) is 8.53. The maximum absolute atomic E-state index is 12.2. The number of benzene rings is 2. The molecule has 3 aromatic rings. The summed E-state index contributed by atoms with van der Waals surface area (Å²) in [4.78, 5) is 12.2. The fourth-order valence-corrected chi connectivity index (χ4v) is 3.54. The summed E-state index contributed by atoms with van der Waals surface area (Å²) in [6.45, 7) is 2.52. The van der Waals surface area contributed by atoms with Crippen molar-refractivity contribution in [2.24, 2.45) is 0 Å². The van der Waals surface area contributed by atoms with Crippen LogP contribution in [0.3, 0.4) is 0 Å². The number of aromatic amines is 1. The normalized spacial score (nSPS) is 16.1. The van der Waals surface area contributed by atoms with Gasteiger partial charge in [-0.05, 0) is 25.1 Å². The average molecular weight is 368 g/mol. The van der Waals surface area contributed by atoms with Crippen molar-refractivity contribution >= 4 is 23.3 Å². The Morgan fingerprint density at radius 1 is 1.19 bits per heavy atom. The van der Waals surface area contributed by atoms with E-state index < -0.39 is 0 Å². The highest BCUT2D eigenvalue weighted by Gasteiger charge is 2.33. The van der Waals surface area contributed by atoms with Gasteiger partial charge in [0.1, 0.15) is 5.75 Å². The number of halogens is 1. The summed E-state index contributed by atoms with van der Waals surface area (Å²) in [5.41, 5.74) is 3.81. The molecule has 2 N–H and O–H groups in total. The third-order valence-corrected chi connectivity index (χ3v) is 4.78. The van der Waals surface area contributed by atoms with Crippen LogP contribution in [0, 0.1) is 0 Å². The lowest BCUT2D eigenvalue weighted by molar-refractivity contribution is -0.116. The third kappa shape index (κ3) is 2.95. The molecule has 0 fully saturated rings. The Bertz CT molecular complexity index is 950. The highest BCUT2D eigenvalue weighted by atomic mass is 35.5. The minimum atomic E-state index is -0.133. The van der Waals surface area contributed by atoms with Crippen LogP contribution in [0.2, 0.25) is 5.02 Å². The van der Waals surface area contributed by atoms with Crippen LogP contribution in [0.25, 0.3) is 11.3 Å². The molecule has 132 valence electrons. The third-order valence-electron chi connectivity index (χ3n) is 4.53. The van der Waals surface area contributed by atoms with E-state index in [0.29, 0.717) is 23.9 Å². The van der Waals surface area contributed by atoms with E-state index >= 15 is 0 Å². The zero-order valence-electron chi connectivity index (χ0n) is 14.3. The van der Waals surface area contributed by atoms with Crippen molar-refractivity contribution in [1.29, 1.82) is 0 Å². The lowest BCUT2D eigenvalue weighted by Gasteiger charge is -2.25. The number of ether oxygens (including phenoxy) is 1. The first-order chi connectivity index (χ1) is 12.7. The van der Waals surface area contributed by atoms with Gasteiger partial charge in [0.25, 0.3) is 0 Å². The van der Waals surface area contributed by atoms with Crippen molar-refractivity contribution in [2.75, 3.05) is 11.9 Å². The number of fused-ring (bicyclic) bond motifs is 1. The molecule has 1 aliphatic heterocycles. The number of H-pyrrole nitrogens is 1. The van der Waals surface area contributed by atoms with Crippen LogP contribution in [-0.2, 0) is 4.79 Å². The van der Waals surface area contributed by atoms with E-state index in [1.54, 1.807) is 0 Å². The number of para-hydroxylation sites is 1. The van der Waals surface area contributed by atoms with Crippen molar-refractivity contribution in [1.82, 2.24) is 10.2 Å². The minimum absolute atomic E-state index is 0.0528. The van der Waals surface area contributed by atoms with E-state index in [1.165, 1.54) is 0 Å². The van der Waals surface area contributed by atoms with Crippen LogP contribution in [0.15, 0.2) is 48.5 Å². The number of rotatable bonds is 4. The van der Waals surface area contributed by atoms with E-state index in [2.05, 4.69) is 15.5 Å². The van der Waals surface area contributed by atoms with Gasteiger partial charge in [-0.15, -0.1) is 0 Å². The molecule has 0 bridgehead atoms. The van der Waals surface area contributed by atoms with Gasteiger partial charge in [-0.1, -0.05) is 41.9 Å². The molecule has 1 aliphatic rings. The Kier molecular flexibility index (Phi) is 4.39. The number of hydrogen-bond donors (Lipinski definition) is 2. The summed E-state index contributed by atoms with van der Waals surface area (Å²) in [6, 6.07) is 15.4. The number of carbonyl (C=O) groups is 1.